The lowest BCUT2D eigenvalue weighted by atomic mass is 10.0. The molecule has 0 N–H and O–H groups in total. The fraction of sp³-hybridized carbons (Fsp3) is 0.222. The van der Waals surface area contributed by atoms with Gasteiger partial charge in [-0.1, -0.05) is 17.3 Å². The average molecular weight is 374 g/mol. The van der Waals surface area contributed by atoms with Crippen molar-refractivity contribution < 1.29 is 23.0 Å². The molecule has 0 spiro atoms. The van der Waals surface area contributed by atoms with E-state index in [2.05, 4.69) is 20.0 Å². The fourth-order valence-corrected chi connectivity index (χ4v) is 2.51. The Labute approximate surface area is 153 Å². The summed E-state index contributed by atoms with van der Waals surface area (Å²) in [6.07, 6.45) is 3.75. The number of rotatable bonds is 8. The Hall–Kier alpha value is -3.36. The number of hydrogen-bond donors (Lipinski definition) is 0. The van der Waals surface area contributed by atoms with Crippen molar-refractivity contribution in [1.82, 2.24) is 20.0 Å². The van der Waals surface area contributed by atoms with E-state index < -0.39 is 6.61 Å². The average Bonchev–Trinajstić information content (AvgIpc) is 3.10. The third-order valence-electron chi connectivity index (χ3n) is 3.58. The summed E-state index contributed by atoms with van der Waals surface area (Å²) in [7, 11) is 0. The number of halogens is 2. The zero-order chi connectivity index (χ0) is 19.2. The van der Waals surface area contributed by atoms with Crippen LogP contribution in [0, 0.1) is 0 Å². The molecule has 7 nitrogen and oxygen atoms in total. The number of pyridine rings is 1. The fourth-order valence-electron chi connectivity index (χ4n) is 2.51. The SMILES string of the molecule is CCOc1ncc(Cn2cc(C=O)nn2)cc1-c1cccc(OC(F)F)c1. The molecule has 1 aromatic carbocycles. The Morgan fingerprint density at radius 3 is 2.85 bits per heavy atom. The Kier molecular flexibility index (Phi) is 5.70. The molecule has 140 valence electrons. The summed E-state index contributed by atoms with van der Waals surface area (Å²) in [5.74, 6) is 0.421. The van der Waals surface area contributed by atoms with Gasteiger partial charge in [0.15, 0.2) is 6.29 Å². The van der Waals surface area contributed by atoms with Crippen LogP contribution >= 0.6 is 0 Å². The van der Waals surface area contributed by atoms with Crippen molar-refractivity contribution >= 4 is 6.29 Å². The monoisotopic (exact) mass is 374 g/mol. The first-order chi connectivity index (χ1) is 13.1. The number of benzene rings is 1. The number of aldehydes is 1. The van der Waals surface area contributed by atoms with Crippen LogP contribution in [-0.2, 0) is 6.54 Å². The van der Waals surface area contributed by atoms with Crippen molar-refractivity contribution in [3.05, 3.63) is 54.0 Å². The first-order valence-electron chi connectivity index (χ1n) is 8.11. The van der Waals surface area contributed by atoms with Gasteiger partial charge in [-0.25, -0.2) is 9.67 Å². The Morgan fingerprint density at radius 2 is 2.15 bits per heavy atom. The van der Waals surface area contributed by atoms with Crippen LogP contribution in [0.3, 0.4) is 0 Å². The second-order valence-electron chi connectivity index (χ2n) is 5.49. The third kappa shape index (κ3) is 4.63. The van der Waals surface area contributed by atoms with Gasteiger partial charge in [0.1, 0.15) is 11.4 Å². The maximum Gasteiger partial charge on any atom is 0.387 e. The van der Waals surface area contributed by atoms with Crippen molar-refractivity contribution in [2.24, 2.45) is 0 Å². The molecule has 3 rings (SSSR count). The van der Waals surface area contributed by atoms with Gasteiger partial charge < -0.3 is 9.47 Å². The lowest BCUT2D eigenvalue weighted by Crippen LogP contribution is -2.04. The molecule has 0 saturated carbocycles. The van der Waals surface area contributed by atoms with E-state index in [9.17, 15) is 13.6 Å². The second-order valence-corrected chi connectivity index (χ2v) is 5.49. The molecule has 0 atom stereocenters. The minimum atomic E-state index is -2.91. The molecule has 27 heavy (non-hydrogen) atoms. The lowest BCUT2D eigenvalue weighted by Gasteiger charge is -2.12. The summed E-state index contributed by atoms with van der Waals surface area (Å²) in [5.41, 5.74) is 2.25. The molecule has 0 saturated heterocycles. The lowest BCUT2D eigenvalue weighted by molar-refractivity contribution is -0.0498. The van der Waals surface area contributed by atoms with Crippen LogP contribution in [0.15, 0.2) is 42.7 Å². The van der Waals surface area contributed by atoms with Gasteiger partial charge in [0, 0.05) is 11.8 Å². The molecule has 0 aliphatic rings. The molecule has 0 radical (unpaired) electrons. The van der Waals surface area contributed by atoms with Gasteiger partial charge in [-0.3, -0.25) is 4.79 Å². The molecule has 2 heterocycles. The molecular formula is C18H16F2N4O3. The first kappa shape index (κ1) is 18.4. The summed E-state index contributed by atoms with van der Waals surface area (Å²) in [5, 5.41) is 7.57. The van der Waals surface area contributed by atoms with Crippen LogP contribution in [0.25, 0.3) is 11.1 Å². The van der Waals surface area contributed by atoms with E-state index in [1.54, 1.807) is 18.3 Å². The molecule has 2 aromatic heterocycles. The van der Waals surface area contributed by atoms with E-state index in [-0.39, 0.29) is 11.4 Å². The third-order valence-corrected chi connectivity index (χ3v) is 3.58. The van der Waals surface area contributed by atoms with E-state index in [0.717, 1.165) is 5.56 Å². The Bertz CT molecular complexity index is 930. The highest BCUT2D eigenvalue weighted by atomic mass is 19.3. The van der Waals surface area contributed by atoms with Crippen molar-refractivity contribution in [1.29, 1.82) is 0 Å². The minimum absolute atomic E-state index is 0.0438. The number of carbonyl (C=O) groups is 1. The van der Waals surface area contributed by atoms with Gasteiger partial charge in [-0.05, 0) is 36.2 Å². The van der Waals surface area contributed by atoms with Crippen LogP contribution in [0.4, 0.5) is 8.78 Å². The molecule has 0 unspecified atom stereocenters. The molecule has 0 aliphatic heterocycles. The number of ether oxygens (including phenoxy) is 2. The van der Waals surface area contributed by atoms with Gasteiger partial charge in [-0.2, -0.15) is 8.78 Å². The highest BCUT2D eigenvalue weighted by Gasteiger charge is 2.12. The van der Waals surface area contributed by atoms with Gasteiger partial charge >= 0.3 is 6.61 Å². The molecule has 0 aliphatic carbocycles. The maximum atomic E-state index is 12.5. The summed E-state index contributed by atoms with van der Waals surface area (Å²) in [4.78, 5) is 15.0. The van der Waals surface area contributed by atoms with Crippen LogP contribution in [0.5, 0.6) is 11.6 Å². The largest absolute Gasteiger partial charge is 0.478 e. The van der Waals surface area contributed by atoms with E-state index in [0.29, 0.717) is 36.4 Å². The van der Waals surface area contributed by atoms with Crippen LogP contribution in [0.2, 0.25) is 0 Å². The van der Waals surface area contributed by atoms with Gasteiger partial charge in [0.05, 0.1) is 19.3 Å². The number of nitrogens with zero attached hydrogens (tertiary/aromatic N) is 4. The van der Waals surface area contributed by atoms with Gasteiger partial charge in [0.25, 0.3) is 0 Å². The summed E-state index contributed by atoms with van der Waals surface area (Å²) >= 11 is 0. The summed E-state index contributed by atoms with van der Waals surface area (Å²) in [6.45, 7) is -0.347. The zero-order valence-corrected chi connectivity index (χ0v) is 14.4. The summed E-state index contributed by atoms with van der Waals surface area (Å²) < 4.78 is 36.5. The van der Waals surface area contributed by atoms with Crippen molar-refractivity contribution in [2.45, 2.75) is 20.1 Å². The first-order valence-corrected chi connectivity index (χ1v) is 8.11. The molecule has 9 heteroatoms. The van der Waals surface area contributed by atoms with Crippen LogP contribution in [-0.4, -0.2) is 39.5 Å². The standard InChI is InChI=1S/C18H16F2N4O3/c1-2-26-17-16(13-4-3-5-15(7-13)27-18(19)20)6-12(8-21-17)9-24-10-14(11-25)22-23-24/h3-8,10-11,18H,2,9H2,1H3. The van der Waals surface area contributed by atoms with Gasteiger partial charge in [-0.15, -0.1) is 5.10 Å². The van der Waals surface area contributed by atoms with Crippen molar-refractivity contribution in [2.75, 3.05) is 6.61 Å². The maximum absolute atomic E-state index is 12.5. The molecule has 0 bridgehead atoms. The second kappa shape index (κ2) is 8.35. The van der Waals surface area contributed by atoms with E-state index in [1.807, 2.05) is 13.0 Å². The van der Waals surface area contributed by atoms with E-state index >= 15 is 0 Å². The molecule has 0 amide bonds. The predicted octanol–water partition coefficient (Wildman–Crippen LogP) is 3.20. The predicted molar refractivity (Wildman–Crippen MR) is 92.0 cm³/mol. The Balaban J connectivity index is 1.95. The quantitative estimate of drug-likeness (QED) is 0.564. The number of alkyl halides is 2. The Morgan fingerprint density at radius 1 is 1.30 bits per heavy atom. The van der Waals surface area contributed by atoms with E-state index in [4.69, 9.17) is 4.74 Å². The molecule has 0 fully saturated rings. The highest BCUT2D eigenvalue weighted by molar-refractivity contribution is 5.71. The van der Waals surface area contributed by atoms with Gasteiger partial charge in [0.2, 0.25) is 5.88 Å². The molecular weight excluding hydrogens is 358 g/mol. The highest BCUT2D eigenvalue weighted by Crippen LogP contribution is 2.32. The number of carbonyl (C=O) groups excluding carboxylic acids is 1. The van der Waals surface area contributed by atoms with Crippen LogP contribution in [0.1, 0.15) is 23.0 Å². The topological polar surface area (TPSA) is 79.1 Å². The smallest absolute Gasteiger partial charge is 0.387 e. The van der Waals surface area contributed by atoms with Crippen LogP contribution < -0.4 is 9.47 Å². The van der Waals surface area contributed by atoms with E-state index in [1.165, 1.54) is 23.0 Å². The zero-order valence-electron chi connectivity index (χ0n) is 14.4. The minimum Gasteiger partial charge on any atom is -0.478 e. The number of hydrogen-bond acceptors (Lipinski definition) is 6. The van der Waals surface area contributed by atoms with Crippen molar-refractivity contribution in [3.8, 4) is 22.8 Å². The van der Waals surface area contributed by atoms with Crippen molar-refractivity contribution in [3.63, 3.8) is 0 Å². The normalized spacial score (nSPS) is 10.8. The molecule has 3 aromatic rings. The summed E-state index contributed by atoms with van der Waals surface area (Å²) in [6, 6.07) is 8.13. The number of aromatic nitrogens is 4.